The molecule has 0 spiro atoms. The third kappa shape index (κ3) is 2.43. The Morgan fingerprint density at radius 3 is 2.83 bits per heavy atom. The summed E-state index contributed by atoms with van der Waals surface area (Å²) in [4.78, 5) is 0. The van der Waals surface area contributed by atoms with Crippen molar-refractivity contribution in [3.8, 4) is 11.1 Å². The lowest BCUT2D eigenvalue weighted by Crippen LogP contribution is -2.14. The number of rotatable bonds is 3. The molecule has 1 N–H and O–H groups in total. The predicted octanol–water partition coefficient (Wildman–Crippen LogP) is 2.30. The lowest BCUT2D eigenvalue weighted by Gasteiger charge is -2.07. The molecule has 94 valence electrons. The highest BCUT2D eigenvalue weighted by Crippen LogP contribution is 2.19. The predicted molar refractivity (Wildman–Crippen MR) is 68.6 cm³/mol. The zero-order valence-electron chi connectivity index (χ0n) is 10.1. The van der Waals surface area contributed by atoms with Gasteiger partial charge in [0.1, 0.15) is 5.82 Å². The zero-order chi connectivity index (χ0) is 12.4. The van der Waals surface area contributed by atoms with Crippen LogP contribution in [-0.4, -0.2) is 22.9 Å². The minimum Gasteiger partial charge on any atom is -0.316 e. The number of halogens is 1. The lowest BCUT2D eigenvalue weighted by molar-refractivity contribution is 0.449. The number of hydrogen-bond acceptors (Lipinski definition) is 2. The van der Waals surface area contributed by atoms with E-state index in [-0.39, 0.29) is 5.82 Å². The molecule has 3 rings (SSSR count). The average Bonchev–Trinajstić information content (AvgIpc) is 3.02. The Hall–Kier alpha value is -1.68. The van der Waals surface area contributed by atoms with E-state index in [4.69, 9.17) is 0 Å². The van der Waals surface area contributed by atoms with E-state index in [0.717, 1.165) is 30.8 Å². The molecular weight excluding hydrogens is 229 g/mol. The van der Waals surface area contributed by atoms with Crippen LogP contribution in [-0.2, 0) is 6.54 Å². The maximum Gasteiger partial charge on any atom is 0.123 e. The molecule has 1 aliphatic heterocycles. The van der Waals surface area contributed by atoms with Crippen molar-refractivity contribution < 1.29 is 4.39 Å². The van der Waals surface area contributed by atoms with Crippen LogP contribution in [0, 0.1) is 11.7 Å². The van der Waals surface area contributed by atoms with Crippen molar-refractivity contribution >= 4 is 0 Å². The number of hydrogen-bond donors (Lipinski definition) is 1. The van der Waals surface area contributed by atoms with Crippen LogP contribution in [0.5, 0.6) is 0 Å². The highest BCUT2D eigenvalue weighted by atomic mass is 19.1. The SMILES string of the molecule is Fc1ccc(-c2cnn(CC3CCNC3)c2)cc1. The van der Waals surface area contributed by atoms with Crippen LogP contribution < -0.4 is 5.32 Å². The molecule has 1 saturated heterocycles. The molecule has 4 heteroatoms. The number of nitrogens with zero attached hydrogens (tertiary/aromatic N) is 2. The quantitative estimate of drug-likeness (QED) is 0.899. The van der Waals surface area contributed by atoms with Crippen LogP contribution in [0.15, 0.2) is 36.7 Å². The smallest absolute Gasteiger partial charge is 0.123 e. The summed E-state index contributed by atoms with van der Waals surface area (Å²) in [6.45, 7) is 3.14. The maximum absolute atomic E-state index is 12.9. The first-order valence-corrected chi connectivity index (χ1v) is 6.30. The molecule has 0 radical (unpaired) electrons. The Morgan fingerprint density at radius 1 is 1.28 bits per heavy atom. The normalized spacial score (nSPS) is 19.3. The second kappa shape index (κ2) is 4.90. The van der Waals surface area contributed by atoms with Gasteiger partial charge in [-0.1, -0.05) is 12.1 Å². The van der Waals surface area contributed by atoms with Gasteiger partial charge in [0.15, 0.2) is 0 Å². The lowest BCUT2D eigenvalue weighted by atomic mass is 10.1. The molecule has 1 aromatic carbocycles. The first-order valence-electron chi connectivity index (χ1n) is 6.30. The molecule has 3 nitrogen and oxygen atoms in total. The summed E-state index contributed by atoms with van der Waals surface area (Å²) in [6.07, 6.45) is 5.09. The van der Waals surface area contributed by atoms with Crippen molar-refractivity contribution in [1.29, 1.82) is 0 Å². The summed E-state index contributed by atoms with van der Waals surface area (Å²) in [5.41, 5.74) is 2.05. The standard InChI is InChI=1S/C14H16FN3/c15-14-3-1-12(2-4-14)13-8-17-18(10-13)9-11-5-6-16-7-11/h1-4,8,10-11,16H,5-7,9H2. The van der Waals surface area contributed by atoms with Crippen molar-refractivity contribution in [3.63, 3.8) is 0 Å². The van der Waals surface area contributed by atoms with Crippen molar-refractivity contribution in [3.05, 3.63) is 42.5 Å². The molecule has 0 saturated carbocycles. The number of benzene rings is 1. The molecule has 2 aromatic rings. The van der Waals surface area contributed by atoms with E-state index in [9.17, 15) is 4.39 Å². The van der Waals surface area contributed by atoms with Gasteiger partial charge in [-0.25, -0.2) is 4.39 Å². The summed E-state index contributed by atoms with van der Waals surface area (Å²) >= 11 is 0. The maximum atomic E-state index is 12.9. The molecule has 1 aromatic heterocycles. The molecule has 1 unspecified atom stereocenters. The topological polar surface area (TPSA) is 29.9 Å². The zero-order valence-corrected chi connectivity index (χ0v) is 10.1. The van der Waals surface area contributed by atoms with E-state index < -0.39 is 0 Å². The first kappa shape index (κ1) is 11.4. The van der Waals surface area contributed by atoms with Gasteiger partial charge in [0.2, 0.25) is 0 Å². The molecule has 1 fully saturated rings. The number of nitrogens with one attached hydrogen (secondary N) is 1. The second-order valence-electron chi connectivity index (χ2n) is 4.82. The summed E-state index contributed by atoms with van der Waals surface area (Å²) < 4.78 is 14.8. The molecule has 2 heterocycles. The van der Waals surface area contributed by atoms with Gasteiger partial charge in [0.05, 0.1) is 6.20 Å². The second-order valence-corrected chi connectivity index (χ2v) is 4.82. The molecule has 1 atom stereocenters. The van der Waals surface area contributed by atoms with Crippen molar-refractivity contribution in [2.45, 2.75) is 13.0 Å². The van der Waals surface area contributed by atoms with Crippen LogP contribution in [0.3, 0.4) is 0 Å². The van der Waals surface area contributed by atoms with Gasteiger partial charge < -0.3 is 5.32 Å². The van der Waals surface area contributed by atoms with Gasteiger partial charge in [0.25, 0.3) is 0 Å². The van der Waals surface area contributed by atoms with Gasteiger partial charge in [-0.05, 0) is 43.1 Å². The van der Waals surface area contributed by atoms with Gasteiger partial charge in [-0.3, -0.25) is 4.68 Å². The van der Waals surface area contributed by atoms with Crippen LogP contribution in [0.4, 0.5) is 4.39 Å². The fourth-order valence-electron chi connectivity index (χ4n) is 2.39. The Balaban J connectivity index is 1.74. The Morgan fingerprint density at radius 2 is 2.11 bits per heavy atom. The Bertz CT molecular complexity index is 512. The minimum absolute atomic E-state index is 0.205. The molecule has 1 aliphatic rings. The van der Waals surface area contributed by atoms with Crippen molar-refractivity contribution in [1.82, 2.24) is 15.1 Å². The van der Waals surface area contributed by atoms with E-state index >= 15 is 0 Å². The van der Waals surface area contributed by atoms with E-state index in [1.54, 1.807) is 12.1 Å². The van der Waals surface area contributed by atoms with Gasteiger partial charge >= 0.3 is 0 Å². The fourth-order valence-corrected chi connectivity index (χ4v) is 2.39. The van der Waals surface area contributed by atoms with Gasteiger partial charge in [-0.2, -0.15) is 5.10 Å². The third-order valence-corrected chi connectivity index (χ3v) is 3.42. The monoisotopic (exact) mass is 245 g/mol. The summed E-state index contributed by atoms with van der Waals surface area (Å²) in [5.74, 6) is 0.467. The fraction of sp³-hybridized carbons (Fsp3) is 0.357. The molecule has 0 aliphatic carbocycles. The van der Waals surface area contributed by atoms with Gasteiger partial charge in [0, 0.05) is 18.3 Å². The first-order chi connectivity index (χ1) is 8.81. The van der Waals surface area contributed by atoms with Crippen LogP contribution in [0.25, 0.3) is 11.1 Å². The summed E-state index contributed by atoms with van der Waals surface area (Å²) in [7, 11) is 0. The third-order valence-electron chi connectivity index (χ3n) is 3.42. The highest BCUT2D eigenvalue weighted by molar-refractivity contribution is 5.61. The van der Waals surface area contributed by atoms with E-state index in [1.807, 2.05) is 17.1 Å². The largest absolute Gasteiger partial charge is 0.316 e. The number of aromatic nitrogens is 2. The average molecular weight is 245 g/mol. The Kier molecular flexibility index (Phi) is 3.11. The van der Waals surface area contributed by atoms with Gasteiger partial charge in [-0.15, -0.1) is 0 Å². The summed E-state index contributed by atoms with van der Waals surface area (Å²) in [6, 6.07) is 6.53. The minimum atomic E-state index is -0.205. The van der Waals surface area contributed by atoms with Crippen LogP contribution in [0.2, 0.25) is 0 Å². The molecule has 18 heavy (non-hydrogen) atoms. The highest BCUT2D eigenvalue weighted by Gasteiger charge is 2.15. The van der Waals surface area contributed by atoms with E-state index in [0.29, 0.717) is 5.92 Å². The molecular formula is C14H16FN3. The van der Waals surface area contributed by atoms with E-state index in [2.05, 4.69) is 10.4 Å². The Labute approximate surface area is 106 Å². The van der Waals surface area contributed by atoms with Crippen LogP contribution >= 0.6 is 0 Å². The molecule has 0 bridgehead atoms. The molecule has 0 amide bonds. The van der Waals surface area contributed by atoms with Crippen LogP contribution in [0.1, 0.15) is 6.42 Å². The van der Waals surface area contributed by atoms with Crippen molar-refractivity contribution in [2.75, 3.05) is 13.1 Å². The van der Waals surface area contributed by atoms with E-state index in [1.165, 1.54) is 18.6 Å². The summed E-state index contributed by atoms with van der Waals surface area (Å²) in [5, 5.41) is 7.73. The van der Waals surface area contributed by atoms with Crippen molar-refractivity contribution in [2.24, 2.45) is 5.92 Å².